The van der Waals surface area contributed by atoms with E-state index in [4.69, 9.17) is 16.3 Å². The molecule has 0 saturated heterocycles. The number of carboxylic acid groups (broad SMARTS) is 1. The standard InChI is InChI=1S/C32H39ClO3/c1-5-23-20-25-12-8-11-22(14-13-21-9-6-7-10-21)19-27(25)28(24-15-17-26(33)18-16-24)29(23)30(31(34)35)36-32(2,3)4/h11-12,15-21,30H,5-10,13-14H2,1-4H3,(H,34,35). The number of aryl methyl sites for hydroxylation is 1. The maximum atomic E-state index is 12.7. The number of hydrogen-bond donors (Lipinski definition) is 1. The molecular weight excluding hydrogens is 468 g/mol. The lowest BCUT2D eigenvalue weighted by Crippen LogP contribution is -2.34. The monoisotopic (exact) mass is 506 g/mol. The lowest BCUT2D eigenvalue weighted by Gasteiger charge is -2.28. The Kier molecular flexibility index (Phi) is 8.42. The van der Waals surface area contributed by atoms with Gasteiger partial charge in [-0.2, -0.15) is 0 Å². The van der Waals surface area contributed by atoms with Crippen LogP contribution in [0.3, 0.4) is 0 Å². The van der Waals surface area contributed by atoms with Crippen LogP contribution in [0.25, 0.3) is 23.3 Å². The fraction of sp³-hybridized carbons (Fsp3) is 0.469. The third kappa shape index (κ3) is 6.30. The van der Waals surface area contributed by atoms with Gasteiger partial charge in [-0.15, -0.1) is 0 Å². The Hall–Kier alpha value is -2.36. The minimum Gasteiger partial charge on any atom is -0.479 e. The maximum absolute atomic E-state index is 12.7. The Morgan fingerprint density at radius 3 is 2.44 bits per heavy atom. The zero-order valence-corrected chi connectivity index (χ0v) is 22.8. The van der Waals surface area contributed by atoms with E-state index in [1.54, 1.807) is 0 Å². The van der Waals surface area contributed by atoms with Crippen molar-refractivity contribution in [2.45, 2.75) is 90.8 Å². The molecule has 192 valence electrons. The summed E-state index contributed by atoms with van der Waals surface area (Å²) in [5.41, 5.74) is 4.40. The fourth-order valence-corrected chi connectivity index (χ4v) is 5.78. The first-order valence-corrected chi connectivity index (χ1v) is 13.8. The van der Waals surface area contributed by atoms with Crippen molar-refractivity contribution >= 4 is 29.7 Å². The van der Waals surface area contributed by atoms with Crippen LogP contribution in [0.15, 0.2) is 42.0 Å². The molecule has 0 aromatic heterocycles. The van der Waals surface area contributed by atoms with E-state index in [0.29, 0.717) is 5.02 Å². The third-order valence-electron chi connectivity index (χ3n) is 7.36. The minimum atomic E-state index is -1.07. The van der Waals surface area contributed by atoms with Gasteiger partial charge in [0.15, 0.2) is 6.10 Å². The number of fused-ring (bicyclic) bond motifs is 1. The van der Waals surface area contributed by atoms with Crippen molar-refractivity contribution in [1.29, 1.82) is 0 Å². The summed E-state index contributed by atoms with van der Waals surface area (Å²) in [6.07, 6.45) is 15.1. The first-order valence-electron chi connectivity index (χ1n) is 13.4. The SMILES string of the molecule is CCc1cc2c(c(-c3ccc(Cl)cc3)c1C(OC(C)(C)C)C(=O)O)=CC(CCC1CCCC1)=CCC=2. The van der Waals surface area contributed by atoms with Crippen LogP contribution < -0.4 is 10.4 Å². The molecule has 0 bridgehead atoms. The molecule has 2 aliphatic carbocycles. The van der Waals surface area contributed by atoms with Crippen molar-refractivity contribution in [1.82, 2.24) is 0 Å². The summed E-state index contributed by atoms with van der Waals surface area (Å²) in [7, 11) is 0. The van der Waals surface area contributed by atoms with Gasteiger partial charge in [0.05, 0.1) is 5.60 Å². The van der Waals surface area contributed by atoms with Gasteiger partial charge >= 0.3 is 5.97 Å². The first kappa shape index (κ1) is 26.7. The largest absolute Gasteiger partial charge is 0.479 e. The summed E-state index contributed by atoms with van der Waals surface area (Å²) >= 11 is 6.25. The number of rotatable bonds is 8. The van der Waals surface area contributed by atoms with E-state index in [-0.39, 0.29) is 0 Å². The predicted molar refractivity (Wildman–Crippen MR) is 150 cm³/mol. The van der Waals surface area contributed by atoms with E-state index < -0.39 is 17.7 Å². The summed E-state index contributed by atoms with van der Waals surface area (Å²) in [5, 5.41) is 13.3. The van der Waals surface area contributed by atoms with Gasteiger partial charge in [-0.1, -0.05) is 86.2 Å². The zero-order valence-electron chi connectivity index (χ0n) is 22.1. The summed E-state index contributed by atoms with van der Waals surface area (Å²) in [6, 6.07) is 9.93. The molecule has 1 atom stereocenters. The highest BCUT2D eigenvalue weighted by Crippen LogP contribution is 2.35. The van der Waals surface area contributed by atoms with Crippen molar-refractivity contribution in [3.8, 4) is 11.1 Å². The molecule has 1 N–H and O–H groups in total. The molecule has 1 saturated carbocycles. The summed E-state index contributed by atoms with van der Waals surface area (Å²) < 4.78 is 6.21. The summed E-state index contributed by atoms with van der Waals surface area (Å²) in [5.74, 6) is -0.138. The van der Waals surface area contributed by atoms with Crippen LogP contribution in [0.4, 0.5) is 0 Å². The molecular formula is C32H39ClO3. The summed E-state index contributed by atoms with van der Waals surface area (Å²) in [4.78, 5) is 12.7. The molecule has 2 aromatic rings. The van der Waals surface area contributed by atoms with Gasteiger partial charge in [-0.05, 0) is 91.6 Å². The van der Waals surface area contributed by atoms with Crippen molar-refractivity contribution in [2.24, 2.45) is 5.92 Å². The smallest absolute Gasteiger partial charge is 0.337 e. The number of halogens is 1. The molecule has 0 aliphatic heterocycles. The average molecular weight is 507 g/mol. The predicted octanol–water partition coefficient (Wildman–Crippen LogP) is 7.37. The van der Waals surface area contributed by atoms with Crippen molar-refractivity contribution in [2.75, 3.05) is 0 Å². The number of hydrogen-bond acceptors (Lipinski definition) is 2. The van der Waals surface area contributed by atoms with Crippen molar-refractivity contribution in [3.05, 3.63) is 68.6 Å². The molecule has 1 fully saturated rings. The number of benzene rings is 2. The third-order valence-corrected chi connectivity index (χ3v) is 7.61. The average Bonchev–Trinajstić information content (AvgIpc) is 3.26. The highest BCUT2D eigenvalue weighted by atomic mass is 35.5. The molecule has 0 spiro atoms. The van der Waals surface area contributed by atoms with Crippen LogP contribution in [0.5, 0.6) is 0 Å². The van der Waals surface area contributed by atoms with Gasteiger partial charge in [0, 0.05) is 10.6 Å². The molecule has 2 aromatic carbocycles. The Labute approximate surface area is 220 Å². The van der Waals surface area contributed by atoms with Gasteiger partial charge in [0.1, 0.15) is 0 Å². The Morgan fingerprint density at radius 1 is 1.14 bits per heavy atom. The molecule has 0 radical (unpaired) electrons. The molecule has 4 rings (SSSR count). The first-order chi connectivity index (χ1) is 17.2. The van der Waals surface area contributed by atoms with E-state index in [0.717, 1.165) is 57.9 Å². The molecule has 36 heavy (non-hydrogen) atoms. The molecule has 2 aliphatic rings. The van der Waals surface area contributed by atoms with E-state index in [1.807, 2.05) is 45.0 Å². The minimum absolute atomic E-state index is 0.611. The van der Waals surface area contributed by atoms with Crippen LogP contribution >= 0.6 is 11.6 Å². The normalized spacial score (nSPS) is 17.0. The highest BCUT2D eigenvalue weighted by molar-refractivity contribution is 6.30. The number of carbonyl (C=O) groups is 1. The Morgan fingerprint density at radius 2 is 1.83 bits per heavy atom. The van der Waals surface area contributed by atoms with E-state index in [2.05, 4.69) is 31.2 Å². The topological polar surface area (TPSA) is 46.5 Å². The lowest BCUT2D eigenvalue weighted by molar-refractivity contribution is -0.160. The van der Waals surface area contributed by atoms with Gasteiger partial charge in [-0.25, -0.2) is 4.79 Å². The maximum Gasteiger partial charge on any atom is 0.337 e. The second-order valence-electron chi connectivity index (χ2n) is 11.2. The molecule has 0 heterocycles. The molecule has 0 amide bonds. The zero-order chi connectivity index (χ0) is 25.9. The van der Waals surface area contributed by atoms with E-state index >= 15 is 0 Å². The number of aliphatic carboxylic acids is 1. The van der Waals surface area contributed by atoms with Crippen molar-refractivity contribution in [3.63, 3.8) is 0 Å². The fourth-order valence-electron chi connectivity index (χ4n) is 5.65. The van der Waals surface area contributed by atoms with E-state index in [1.165, 1.54) is 37.7 Å². The van der Waals surface area contributed by atoms with Crippen LogP contribution in [0, 0.1) is 5.92 Å². The van der Waals surface area contributed by atoms with Crippen LogP contribution in [-0.2, 0) is 16.0 Å². The highest BCUT2D eigenvalue weighted by Gasteiger charge is 2.32. The quantitative estimate of drug-likeness (QED) is 0.406. The van der Waals surface area contributed by atoms with Crippen LogP contribution in [0.1, 0.15) is 89.9 Å². The number of carboxylic acids is 1. The van der Waals surface area contributed by atoms with Crippen LogP contribution in [-0.4, -0.2) is 16.7 Å². The lowest BCUT2D eigenvalue weighted by atomic mass is 9.87. The van der Waals surface area contributed by atoms with Gasteiger partial charge < -0.3 is 9.84 Å². The van der Waals surface area contributed by atoms with Gasteiger partial charge in [0.2, 0.25) is 0 Å². The van der Waals surface area contributed by atoms with E-state index in [9.17, 15) is 9.90 Å². The molecule has 4 heteroatoms. The summed E-state index contributed by atoms with van der Waals surface area (Å²) in [6.45, 7) is 7.80. The molecule has 1 unspecified atom stereocenters. The second-order valence-corrected chi connectivity index (χ2v) is 11.6. The van der Waals surface area contributed by atoms with Gasteiger partial charge in [-0.3, -0.25) is 0 Å². The van der Waals surface area contributed by atoms with Gasteiger partial charge in [0.25, 0.3) is 0 Å². The van der Waals surface area contributed by atoms with Crippen molar-refractivity contribution < 1.29 is 14.6 Å². The Balaban J connectivity index is 1.95. The second kappa shape index (κ2) is 11.4. The molecule has 3 nitrogen and oxygen atoms in total. The number of ether oxygens (including phenoxy) is 1. The van der Waals surface area contributed by atoms with Crippen LogP contribution in [0.2, 0.25) is 5.02 Å². The number of allylic oxidation sites excluding steroid dienone is 2. The Bertz CT molecular complexity index is 1240.